The van der Waals surface area contributed by atoms with Crippen LogP contribution in [0.5, 0.6) is 0 Å². The maximum atomic E-state index is 12.6. The Hall–Kier alpha value is -0.710. The average Bonchev–Trinajstić information content (AvgIpc) is 2.33. The first-order valence-corrected chi connectivity index (χ1v) is 7.48. The van der Waals surface area contributed by atoms with E-state index in [1.54, 1.807) is 19.9 Å². The molecule has 0 amide bonds. The highest BCUT2D eigenvalue weighted by Gasteiger charge is 2.59. The quantitative estimate of drug-likeness (QED) is 0.682. The predicted molar refractivity (Wildman–Crippen MR) is 76.0 cm³/mol. The average molecular weight is 282 g/mol. The molecule has 0 aliphatic heterocycles. The van der Waals surface area contributed by atoms with Crippen molar-refractivity contribution in [1.82, 2.24) is 0 Å². The highest BCUT2D eigenvalue weighted by molar-refractivity contribution is 5.87. The Morgan fingerprint density at radius 2 is 2.00 bits per heavy atom. The van der Waals surface area contributed by atoms with Crippen molar-refractivity contribution in [2.75, 3.05) is 6.61 Å². The molecular formula is C16H26O4. The van der Waals surface area contributed by atoms with Gasteiger partial charge in [0.15, 0.2) is 0 Å². The molecule has 6 atom stereocenters. The number of carbonyl (C=O) groups is 1. The van der Waals surface area contributed by atoms with Crippen molar-refractivity contribution < 1.29 is 20.1 Å². The number of hydrogen-bond acceptors (Lipinski definition) is 4. The summed E-state index contributed by atoms with van der Waals surface area (Å²) in [6, 6.07) is 0. The highest BCUT2D eigenvalue weighted by atomic mass is 16.3. The normalized spacial score (nSPS) is 47.9. The van der Waals surface area contributed by atoms with E-state index >= 15 is 0 Å². The van der Waals surface area contributed by atoms with Gasteiger partial charge in [-0.2, -0.15) is 0 Å². The molecule has 0 bridgehead atoms. The van der Waals surface area contributed by atoms with Crippen LogP contribution >= 0.6 is 0 Å². The number of ketones is 1. The van der Waals surface area contributed by atoms with E-state index in [2.05, 4.69) is 6.92 Å². The monoisotopic (exact) mass is 282 g/mol. The van der Waals surface area contributed by atoms with Crippen molar-refractivity contribution in [3.05, 3.63) is 12.2 Å². The first-order chi connectivity index (χ1) is 9.24. The van der Waals surface area contributed by atoms with Crippen LogP contribution in [0.15, 0.2) is 12.2 Å². The second-order valence-corrected chi connectivity index (χ2v) is 6.94. The molecule has 0 aromatic heterocycles. The van der Waals surface area contributed by atoms with E-state index in [0.717, 1.165) is 6.42 Å². The van der Waals surface area contributed by atoms with Crippen molar-refractivity contribution in [2.24, 2.45) is 23.2 Å². The Labute approximate surface area is 120 Å². The SMILES string of the molecule is C[C@H]1C[C@H](O)[C@H]2[C@@H](C=C[C@@](C)(O)[C@]2(C)C(=O)CCO)C1. The van der Waals surface area contributed by atoms with Gasteiger partial charge in [0.1, 0.15) is 5.78 Å². The number of aliphatic hydroxyl groups excluding tert-OH is 2. The van der Waals surface area contributed by atoms with Gasteiger partial charge in [-0.1, -0.05) is 19.1 Å². The largest absolute Gasteiger partial charge is 0.396 e. The van der Waals surface area contributed by atoms with Gasteiger partial charge in [0.05, 0.1) is 17.1 Å². The van der Waals surface area contributed by atoms with Crippen LogP contribution in [0, 0.1) is 23.2 Å². The molecule has 1 saturated carbocycles. The smallest absolute Gasteiger partial charge is 0.144 e. The first-order valence-electron chi connectivity index (χ1n) is 7.48. The molecule has 1 fully saturated rings. The van der Waals surface area contributed by atoms with Crippen molar-refractivity contribution in [3.8, 4) is 0 Å². The maximum Gasteiger partial charge on any atom is 0.144 e. The Balaban J connectivity index is 2.45. The summed E-state index contributed by atoms with van der Waals surface area (Å²) in [5.41, 5.74) is -2.34. The number of rotatable bonds is 3. The molecular weight excluding hydrogens is 256 g/mol. The summed E-state index contributed by atoms with van der Waals surface area (Å²) < 4.78 is 0. The van der Waals surface area contributed by atoms with Gasteiger partial charge in [0.2, 0.25) is 0 Å². The lowest BCUT2D eigenvalue weighted by atomic mass is 9.51. The molecule has 4 nitrogen and oxygen atoms in total. The van der Waals surface area contributed by atoms with Gasteiger partial charge < -0.3 is 15.3 Å². The second-order valence-electron chi connectivity index (χ2n) is 6.94. The lowest BCUT2D eigenvalue weighted by Gasteiger charge is -2.54. The van der Waals surface area contributed by atoms with Crippen LogP contribution in [0.1, 0.15) is 40.0 Å². The van der Waals surface area contributed by atoms with E-state index in [-0.39, 0.29) is 30.6 Å². The van der Waals surface area contributed by atoms with Crippen LogP contribution < -0.4 is 0 Å². The van der Waals surface area contributed by atoms with Crippen molar-refractivity contribution in [2.45, 2.75) is 51.7 Å². The minimum atomic E-state index is -1.29. The molecule has 0 heterocycles. The standard InChI is InChI=1S/C16H26O4/c1-10-8-11-4-6-15(2,20)16(3,13(19)5-7-17)14(11)12(18)9-10/h4,6,10-12,14,17-18,20H,5,7-9H2,1-3H3/t10-,11+,12+,14-,15-,16-/m1/s1. The first kappa shape index (κ1) is 15.7. The van der Waals surface area contributed by atoms with Crippen LogP contribution in [0.4, 0.5) is 0 Å². The summed E-state index contributed by atoms with van der Waals surface area (Å²) in [5, 5.41) is 30.3. The molecule has 0 aromatic carbocycles. The highest BCUT2D eigenvalue weighted by Crippen LogP contribution is 2.54. The summed E-state index contributed by atoms with van der Waals surface area (Å²) in [6.07, 6.45) is 4.67. The Morgan fingerprint density at radius 3 is 2.60 bits per heavy atom. The molecule has 0 saturated heterocycles. The van der Waals surface area contributed by atoms with E-state index in [9.17, 15) is 15.0 Å². The molecule has 0 spiro atoms. The van der Waals surface area contributed by atoms with Crippen LogP contribution in [-0.2, 0) is 4.79 Å². The van der Waals surface area contributed by atoms with Crippen LogP contribution in [0.2, 0.25) is 0 Å². The number of fused-ring (bicyclic) bond motifs is 1. The third kappa shape index (κ3) is 2.24. The summed E-state index contributed by atoms with van der Waals surface area (Å²) in [7, 11) is 0. The Morgan fingerprint density at radius 1 is 1.35 bits per heavy atom. The lowest BCUT2D eigenvalue weighted by Crippen LogP contribution is -2.61. The van der Waals surface area contributed by atoms with E-state index < -0.39 is 17.1 Å². The van der Waals surface area contributed by atoms with Crippen molar-refractivity contribution in [3.63, 3.8) is 0 Å². The van der Waals surface area contributed by atoms with Crippen LogP contribution in [0.25, 0.3) is 0 Å². The zero-order chi connectivity index (χ0) is 15.1. The number of aliphatic hydroxyl groups is 3. The topological polar surface area (TPSA) is 77.8 Å². The fraction of sp³-hybridized carbons (Fsp3) is 0.812. The van der Waals surface area contributed by atoms with Crippen molar-refractivity contribution >= 4 is 5.78 Å². The predicted octanol–water partition coefficient (Wildman–Crippen LogP) is 1.29. The van der Waals surface area contributed by atoms with Crippen LogP contribution in [-0.4, -0.2) is 39.4 Å². The zero-order valence-corrected chi connectivity index (χ0v) is 12.5. The van der Waals surface area contributed by atoms with E-state index in [1.807, 2.05) is 6.08 Å². The van der Waals surface area contributed by atoms with Gasteiger partial charge in [-0.3, -0.25) is 4.79 Å². The van der Waals surface area contributed by atoms with Gasteiger partial charge in [-0.05, 0) is 38.5 Å². The fourth-order valence-corrected chi connectivity index (χ4v) is 4.21. The van der Waals surface area contributed by atoms with Crippen molar-refractivity contribution in [1.29, 1.82) is 0 Å². The molecule has 2 aliphatic carbocycles. The third-order valence-electron chi connectivity index (χ3n) is 5.50. The zero-order valence-electron chi connectivity index (χ0n) is 12.5. The van der Waals surface area contributed by atoms with Gasteiger partial charge >= 0.3 is 0 Å². The molecule has 2 rings (SSSR count). The van der Waals surface area contributed by atoms with Gasteiger partial charge in [-0.15, -0.1) is 0 Å². The Kier molecular flexibility index (Phi) is 4.11. The van der Waals surface area contributed by atoms with E-state index in [0.29, 0.717) is 12.3 Å². The van der Waals surface area contributed by atoms with Gasteiger partial charge in [0, 0.05) is 18.9 Å². The minimum Gasteiger partial charge on any atom is -0.396 e. The molecule has 20 heavy (non-hydrogen) atoms. The number of carbonyl (C=O) groups excluding carboxylic acids is 1. The molecule has 114 valence electrons. The third-order valence-corrected chi connectivity index (χ3v) is 5.50. The molecule has 4 heteroatoms. The Bertz CT molecular complexity index is 415. The molecule has 0 aromatic rings. The summed E-state index contributed by atoms with van der Waals surface area (Å²) >= 11 is 0. The minimum absolute atomic E-state index is 0.0198. The maximum absolute atomic E-state index is 12.6. The van der Waals surface area contributed by atoms with E-state index in [1.165, 1.54) is 0 Å². The van der Waals surface area contributed by atoms with Gasteiger partial charge in [-0.25, -0.2) is 0 Å². The molecule has 3 N–H and O–H groups in total. The molecule has 2 aliphatic rings. The lowest BCUT2D eigenvalue weighted by molar-refractivity contribution is -0.166. The molecule has 0 radical (unpaired) electrons. The van der Waals surface area contributed by atoms with Gasteiger partial charge in [0.25, 0.3) is 0 Å². The number of allylic oxidation sites excluding steroid dienone is 1. The summed E-state index contributed by atoms with van der Waals surface area (Å²) in [4.78, 5) is 12.6. The van der Waals surface area contributed by atoms with E-state index in [4.69, 9.17) is 5.11 Å². The number of Topliss-reactive ketones (excluding diaryl/α,β-unsaturated/α-hetero) is 1. The summed E-state index contributed by atoms with van der Waals surface area (Å²) in [5.74, 6) is 0.0773. The fourth-order valence-electron chi connectivity index (χ4n) is 4.21. The second kappa shape index (κ2) is 5.24. The molecule has 0 unspecified atom stereocenters. The van der Waals surface area contributed by atoms with Crippen LogP contribution in [0.3, 0.4) is 0 Å². The number of hydrogen-bond donors (Lipinski definition) is 3. The summed E-state index contributed by atoms with van der Waals surface area (Å²) in [6.45, 7) is 5.25.